The summed E-state index contributed by atoms with van der Waals surface area (Å²) in [5.41, 5.74) is 3.32. The zero-order chi connectivity index (χ0) is 32.2. The summed E-state index contributed by atoms with van der Waals surface area (Å²) < 4.78 is 36.7. The fraction of sp³-hybridized carbons (Fsp3) is 0.400. The average Bonchev–Trinajstić information content (AvgIpc) is 3.04. The van der Waals surface area contributed by atoms with E-state index in [0.717, 1.165) is 11.1 Å². The molecule has 0 amide bonds. The van der Waals surface area contributed by atoms with Crippen molar-refractivity contribution in [2.45, 2.75) is 77.2 Å². The van der Waals surface area contributed by atoms with Gasteiger partial charge in [0.1, 0.15) is 24.1 Å². The maximum absolute atomic E-state index is 13.0. The van der Waals surface area contributed by atoms with E-state index in [0.29, 0.717) is 11.1 Å². The van der Waals surface area contributed by atoms with Crippen molar-refractivity contribution in [2.75, 3.05) is 13.7 Å². The zero-order valence-electron chi connectivity index (χ0n) is 25.8. The van der Waals surface area contributed by atoms with E-state index in [1.807, 2.05) is 60.7 Å². The van der Waals surface area contributed by atoms with E-state index in [1.165, 1.54) is 14.0 Å². The van der Waals surface area contributed by atoms with Crippen LogP contribution in [0.15, 0.2) is 78.9 Å². The number of rotatable bonds is 16. The molecule has 1 saturated heterocycles. The standard InChI is InChI=1S/C35H40O10/c1-23-14-16-27(18-28(23)34(38)39)19-41-22-29-31(45-30(37)17-15-24(2)36)32(42-20-25-10-6-4-7-11-25)33(35(40-3)44-29)43-21-26-12-8-5-9-13-26/h4-14,16,18,29,31-33,35H,15,17,19-22H2,1-3H3,(H,38,39)/t29-,31-,32+,33-,35+/m1/s1. The number of esters is 1. The van der Waals surface area contributed by atoms with E-state index in [-0.39, 0.29) is 50.6 Å². The molecule has 0 aromatic heterocycles. The SMILES string of the molecule is CO[C@H]1O[C@H](COCc2ccc(C)c(C(=O)O)c2)[C@@H](OC(=O)CCC(C)=O)[C@H](OCc2ccccc2)[C@H]1OCc1ccccc1. The van der Waals surface area contributed by atoms with Crippen molar-refractivity contribution in [1.82, 2.24) is 0 Å². The highest BCUT2D eigenvalue weighted by atomic mass is 16.7. The van der Waals surface area contributed by atoms with Crippen molar-refractivity contribution < 1.29 is 47.9 Å². The second-order valence-corrected chi connectivity index (χ2v) is 10.9. The first kappa shape index (κ1) is 34.0. The molecule has 4 rings (SSSR count). The van der Waals surface area contributed by atoms with Gasteiger partial charge < -0.3 is 38.3 Å². The zero-order valence-corrected chi connectivity index (χ0v) is 25.8. The number of Topliss-reactive ketones (excluding diaryl/α,β-unsaturated/α-hetero) is 1. The van der Waals surface area contributed by atoms with Gasteiger partial charge in [0.15, 0.2) is 12.4 Å². The third kappa shape index (κ3) is 10.0. The van der Waals surface area contributed by atoms with E-state index < -0.39 is 42.6 Å². The number of methoxy groups -OCH3 is 1. The predicted molar refractivity (Wildman–Crippen MR) is 163 cm³/mol. The predicted octanol–water partition coefficient (Wildman–Crippen LogP) is 5.03. The van der Waals surface area contributed by atoms with Gasteiger partial charge in [-0.15, -0.1) is 0 Å². The molecule has 1 N–H and O–H groups in total. The fourth-order valence-electron chi connectivity index (χ4n) is 5.01. The molecule has 10 heteroatoms. The first-order valence-electron chi connectivity index (χ1n) is 14.8. The highest BCUT2D eigenvalue weighted by molar-refractivity contribution is 5.89. The lowest BCUT2D eigenvalue weighted by atomic mass is 9.97. The summed E-state index contributed by atoms with van der Waals surface area (Å²) in [5.74, 6) is -1.74. The number of carboxylic acid groups (broad SMARTS) is 1. The monoisotopic (exact) mass is 620 g/mol. The van der Waals surface area contributed by atoms with Crippen LogP contribution in [-0.4, -0.2) is 67.3 Å². The maximum Gasteiger partial charge on any atom is 0.335 e. The Kier molecular flexibility index (Phi) is 12.8. The Labute approximate surface area is 263 Å². The highest BCUT2D eigenvalue weighted by Gasteiger charge is 2.50. The summed E-state index contributed by atoms with van der Waals surface area (Å²) in [4.78, 5) is 36.2. The molecular formula is C35H40O10. The van der Waals surface area contributed by atoms with Crippen LogP contribution in [0, 0.1) is 6.92 Å². The topological polar surface area (TPSA) is 127 Å². The van der Waals surface area contributed by atoms with Gasteiger partial charge in [0.05, 0.1) is 38.4 Å². The summed E-state index contributed by atoms with van der Waals surface area (Å²) in [6.07, 6.45) is -4.40. The summed E-state index contributed by atoms with van der Waals surface area (Å²) in [6, 6.07) is 24.2. The van der Waals surface area contributed by atoms with Crippen molar-refractivity contribution in [3.63, 3.8) is 0 Å². The second kappa shape index (κ2) is 17.0. The number of carbonyl (C=O) groups excluding carboxylic acids is 2. The largest absolute Gasteiger partial charge is 0.478 e. The van der Waals surface area contributed by atoms with Gasteiger partial charge in [-0.3, -0.25) is 4.79 Å². The Morgan fingerprint density at radius 1 is 0.778 bits per heavy atom. The number of aromatic carboxylic acids is 1. The number of hydrogen-bond donors (Lipinski definition) is 1. The molecule has 0 saturated carbocycles. The molecule has 240 valence electrons. The Balaban J connectivity index is 1.59. The quantitative estimate of drug-likeness (QED) is 0.218. The minimum Gasteiger partial charge on any atom is -0.478 e. The minimum atomic E-state index is -1.02. The molecule has 0 radical (unpaired) electrons. The van der Waals surface area contributed by atoms with E-state index in [9.17, 15) is 19.5 Å². The Morgan fingerprint density at radius 3 is 1.98 bits per heavy atom. The third-order valence-electron chi connectivity index (χ3n) is 7.43. The van der Waals surface area contributed by atoms with Crippen LogP contribution in [-0.2, 0) is 57.8 Å². The molecular weight excluding hydrogens is 580 g/mol. The van der Waals surface area contributed by atoms with Crippen molar-refractivity contribution in [3.05, 3.63) is 107 Å². The van der Waals surface area contributed by atoms with Crippen molar-refractivity contribution in [3.8, 4) is 0 Å². The van der Waals surface area contributed by atoms with Crippen LogP contribution in [0.25, 0.3) is 0 Å². The van der Waals surface area contributed by atoms with Crippen LogP contribution >= 0.6 is 0 Å². The van der Waals surface area contributed by atoms with Crippen molar-refractivity contribution >= 4 is 17.7 Å². The second-order valence-electron chi connectivity index (χ2n) is 10.9. The lowest BCUT2D eigenvalue weighted by molar-refractivity contribution is -0.317. The van der Waals surface area contributed by atoms with Gasteiger partial charge in [0.2, 0.25) is 0 Å². The molecule has 1 heterocycles. The van der Waals surface area contributed by atoms with Crippen molar-refractivity contribution in [1.29, 1.82) is 0 Å². The van der Waals surface area contributed by atoms with E-state index in [1.54, 1.807) is 25.1 Å². The first-order chi connectivity index (χ1) is 21.7. The number of aryl methyl sites for hydroxylation is 1. The van der Waals surface area contributed by atoms with E-state index in [4.69, 9.17) is 28.4 Å². The van der Waals surface area contributed by atoms with Gasteiger partial charge in [-0.05, 0) is 42.2 Å². The van der Waals surface area contributed by atoms with Crippen LogP contribution in [0.4, 0.5) is 0 Å². The molecule has 3 aromatic carbocycles. The molecule has 45 heavy (non-hydrogen) atoms. The molecule has 0 bridgehead atoms. The lowest BCUT2D eigenvalue weighted by Crippen LogP contribution is -2.62. The summed E-state index contributed by atoms with van der Waals surface area (Å²) >= 11 is 0. The van der Waals surface area contributed by atoms with Gasteiger partial charge in [-0.1, -0.05) is 72.8 Å². The normalized spacial score (nSPS) is 21.3. The highest BCUT2D eigenvalue weighted by Crippen LogP contribution is 2.31. The smallest absolute Gasteiger partial charge is 0.335 e. The number of carbonyl (C=O) groups is 3. The average molecular weight is 621 g/mol. The van der Waals surface area contributed by atoms with Crippen LogP contribution in [0.2, 0.25) is 0 Å². The Hall–Kier alpha value is -3.93. The maximum atomic E-state index is 13.0. The number of ether oxygens (including phenoxy) is 6. The third-order valence-corrected chi connectivity index (χ3v) is 7.43. The van der Waals surface area contributed by atoms with Crippen LogP contribution in [0.3, 0.4) is 0 Å². The lowest BCUT2D eigenvalue weighted by Gasteiger charge is -2.45. The summed E-state index contributed by atoms with van der Waals surface area (Å²) in [7, 11) is 1.49. The van der Waals surface area contributed by atoms with Crippen LogP contribution in [0.5, 0.6) is 0 Å². The molecule has 1 fully saturated rings. The van der Waals surface area contributed by atoms with Gasteiger partial charge in [0, 0.05) is 13.5 Å². The molecule has 10 nitrogen and oxygen atoms in total. The van der Waals surface area contributed by atoms with Crippen LogP contribution in [0.1, 0.15) is 52.4 Å². The fourth-order valence-corrected chi connectivity index (χ4v) is 5.01. The van der Waals surface area contributed by atoms with Crippen LogP contribution < -0.4 is 0 Å². The van der Waals surface area contributed by atoms with Gasteiger partial charge in [-0.2, -0.15) is 0 Å². The Morgan fingerprint density at radius 2 is 1.40 bits per heavy atom. The molecule has 1 aliphatic heterocycles. The van der Waals surface area contributed by atoms with Gasteiger partial charge in [-0.25, -0.2) is 4.79 Å². The molecule has 0 unspecified atom stereocenters. The number of benzene rings is 3. The molecule has 0 aliphatic carbocycles. The van der Waals surface area contributed by atoms with Gasteiger partial charge in [0.25, 0.3) is 0 Å². The molecule has 3 aromatic rings. The van der Waals surface area contributed by atoms with E-state index in [2.05, 4.69) is 0 Å². The summed E-state index contributed by atoms with van der Waals surface area (Å²) in [6.45, 7) is 3.63. The van der Waals surface area contributed by atoms with Gasteiger partial charge >= 0.3 is 11.9 Å². The minimum absolute atomic E-state index is 0.0304. The number of ketones is 1. The summed E-state index contributed by atoms with van der Waals surface area (Å²) in [5, 5.41) is 9.51. The Bertz CT molecular complexity index is 1390. The molecule has 1 aliphatic rings. The van der Waals surface area contributed by atoms with E-state index >= 15 is 0 Å². The number of hydrogen-bond acceptors (Lipinski definition) is 9. The molecule has 5 atom stereocenters. The molecule has 0 spiro atoms. The first-order valence-corrected chi connectivity index (χ1v) is 14.8. The number of carboxylic acids is 1. The van der Waals surface area contributed by atoms with Crippen molar-refractivity contribution in [2.24, 2.45) is 0 Å².